The van der Waals surface area contributed by atoms with E-state index in [1.165, 1.54) is 0 Å². The van der Waals surface area contributed by atoms with E-state index in [2.05, 4.69) is 15.1 Å². The first-order chi connectivity index (χ1) is 11.2. The molecule has 2 aromatic rings. The van der Waals surface area contributed by atoms with Crippen molar-refractivity contribution in [2.75, 3.05) is 33.3 Å². The van der Waals surface area contributed by atoms with E-state index in [4.69, 9.17) is 9.15 Å². The highest BCUT2D eigenvalue weighted by atomic mass is 16.5. The zero-order valence-electron chi connectivity index (χ0n) is 13.4. The largest absolute Gasteiger partial charge is 0.496 e. The molecule has 23 heavy (non-hydrogen) atoms. The zero-order chi connectivity index (χ0) is 16.2. The van der Waals surface area contributed by atoms with E-state index in [-0.39, 0.29) is 5.91 Å². The normalized spacial score (nSPS) is 15.7. The number of benzene rings is 1. The van der Waals surface area contributed by atoms with Crippen molar-refractivity contribution in [3.63, 3.8) is 0 Å². The van der Waals surface area contributed by atoms with Gasteiger partial charge in [-0.15, -0.1) is 10.2 Å². The van der Waals surface area contributed by atoms with Gasteiger partial charge in [0.1, 0.15) is 5.75 Å². The molecule has 1 fully saturated rings. The van der Waals surface area contributed by atoms with Crippen LogP contribution in [-0.2, 0) is 6.54 Å². The second kappa shape index (κ2) is 6.78. The first kappa shape index (κ1) is 15.5. The molecule has 1 amide bonds. The Balaban J connectivity index is 1.59. The topological polar surface area (TPSA) is 71.7 Å². The minimum Gasteiger partial charge on any atom is -0.496 e. The fourth-order valence-electron chi connectivity index (χ4n) is 2.69. The predicted molar refractivity (Wildman–Crippen MR) is 83.2 cm³/mol. The van der Waals surface area contributed by atoms with Crippen LogP contribution in [0.3, 0.4) is 0 Å². The lowest BCUT2D eigenvalue weighted by molar-refractivity contribution is 0.0614. The molecule has 0 radical (unpaired) electrons. The van der Waals surface area contributed by atoms with E-state index < -0.39 is 0 Å². The van der Waals surface area contributed by atoms with E-state index in [0.29, 0.717) is 42.7 Å². The van der Waals surface area contributed by atoms with E-state index in [1.807, 2.05) is 17.0 Å². The summed E-state index contributed by atoms with van der Waals surface area (Å²) < 4.78 is 10.7. The number of hydrogen-bond acceptors (Lipinski definition) is 6. The van der Waals surface area contributed by atoms with Gasteiger partial charge in [0.25, 0.3) is 5.91 Å². The molecule has 0 atom stereocenters. The maximum atomic E-state index is 12.6. The first-order valence-corrected chi connectivity index (χ1v) is 7.61. The minimum atomic E-state index is 0.00994. The summed E-state index contributed by atoms with van der Waals surface area (Å²) in [6.07, 6.45) is 0. The molecule has 0 saturated carbocycles. The van der Waals surface area contributed by atoms with Crippen molar-refractivity contribution in [3.8, 4) is 5.75 Å². The molecule has 7 heteroatoms. The number of rotatable bonds is 4. The van der Waals surface area contributed by atoms with Crippen LogP contribution >= 0.6 is 0 Å². The molecule has 7 nitrogen and oxygen atoms in total. The highest BCUT2D eigenvalue weighted by Crippen LogP contribution is 2.20. The van der Waals surface area contributed by atoms with Gasteiger partial charge in [-0.05, 0) is 12.1 Å². The highest BCUT2D eigenvalue weighted by Gasteiger charge is 2.24. The molecule has 122 valence electrons. The predicted octanol–water partition coefficient (Wildman–Crippen LogP) is 1.34. The number of piperazine rings is 1. The van der Waals surface area contributed by atoms with Crippen molar-refractivity contribution in [1.29, 1.82) is 0 Å². The molecule has 1 aromatic heterocycles. The maximum Gasteiger partial charge on any atom is 0.257 e. The van der Waals surface area contributed by atoms with Gasteiger partial charge in [-0.3, -0.25) is 9.69 Å². The Bertz CT molecular complexity index is 677. The summed E-state index contributed by atoms with van der Waals surface area (Å²) in [6.45, 7) is 5.30. The van der Waals surface area contributed by atoms with Crippen molar-refractivity contribution in [3.05, 3.63) is 41.6 Å². The molecule has 0 unspecified atom stereocenters. The Labute approximate surface area is 134 Å². The fourth-order valence-corrected chi connectivity index (χ4v) is 2.69. The van der Waals surface area contributed by atoms with Gasteiger partial charge in [-0.25, -0.2) is 0 Å². The van der Waals surface area contributed by atoms with Gasteiger partial charge in [0.2, 0.25) is 11.8 Å². The number of ether oxygens (including phenoxy) is 1. The summed E-state index contributed by atoms with van der Waals surface area (Å²) >= 11 is 0. The summed E-state index contributed by atoms with van der Waals surface area (Å²) in [6, 6.07) is 7.32. The Kier molecular flexibility index (Phi) is 4.57. The summed E-state index contributed by atoms with van der Waals surface area (Å²) in [5, 5.41) is 7.84. The Morgan fingerprint density at radius 2 is 1.96 bits per heavy atom. The van der Waals surface area contributed by atoms with Gasteiger partial charge in [-0.1, -0.05) is 12.1 Å². The van der Waals surface area contributed by atoms with Gasteiger partial charge >= 0.3 is 0 Å². The van der Waals surface area contributed by atoms with Crippen LogP contribution in [0.5, 0.6) is 5.75 Å². The lowest BCUT2D eigenvalue weighted by atomic mass is 10.1. The van der Waals surface area contributed by atoms with Crippen LogP contribution < -0.4 is 4.74 Å². The van der Waals surface area contributed by atoms with Crippen LogP contribution in [0, 0.1) is 6.92 Å². The van der Waals surface area contributed by atoms with E-state index >= 15 is 0 Å². The summed E-state index contributed by atoms with van der Waals surface area (Å²) in [5.41, 5.74) is 0.607. The number of aromatic nitrogens is 2. The third-order valence-electron chi connectivity index (χ3n) is 3.92. The van der Waals surface area contributed by atoms with E-state index in [9.17, 15) is 4.79 Å². The number of hydrogen-bond donors (Lipinski definition) is 0. The van der Waals surface area contributed by atoms with Crippen molar-refractivity contribution >= 4 is 5.91 Å². The second-order valence-corrected chi connectivity index (χ2v) is 5.48. The molecule has 1 aliphatic heterocycles. The third kappa shape index (κ3) is 3.50. The molecule has 1 saturated heterocycles. The first-order valence-electron chi connectivity index (χ1n) is 7.61. The molecule has 0 N–H and O–H groups in total. The van der Waals surface area contributed by atoms with Gasteiger partial charge in [0, 0.05) is 33.1 Å². The number of carbonyl (C=O) groups excluding carboxylic acids is 1. The third-order valence-corrected chi connectivity index (χ3v) is 3.92. The molecule has 1 aliphatic rings. The number of nitrogens with zero attached hydrogens (tertiary/aromatic N) is 4. The van der Waals surface area contributed by atoms with Crippen molar-refractivity contribution in [2.24, 2.45) is 0 Å². The lowest BCUT2D eigenvalue weighted by Crippen LogP contribution is -2.48. The fraction of sp³-hybridized carbons (Fsp3) is 0.438. The van der Waals surface area contributed by atoms with Crippen molar-refractivity contribution in [1.82, 2.24) is 20.0 Å². The number of amides is 1. The molecular weight excluding hydrogens is 296 g/mol. The Hall–Kier alpha value is -2.41. The number of methoxy groups -OCH3 is 1. The van der Waals surface area contributed by atoms with Crippen molar-refractivity contribution in [2.45, 2.75) is 13.5 Å². The molecule has 1 aromatic carbocycles. The van der Waals surface area contributed by atoms with Crippen LogP contribution in [-0.4, -0.2) is 59.2 Å². The lowest BCUT2D eigenvalue weighted by Gasteiger charge is -2.34. The van der Waals surface area contributed by atoms with Gasteiger partial charge in [0.15, 0.2) is 0 Å². The van der Waals surface area contributed by atoms with Crippen LogP contribution in [0.2, 0.25) is 0 Å². The second-order valence-electron chi connectivity index (χ2n) is 5.48. The van der Waals surface area contributed by atoms with E-state index in [0.717, 1.165) is 13.1 Å². The Morgan fingerprint density at radius 1 is 1.22 bits per heavy atom. The summed E-state index contributed by atoms with van der Waals surface area (Å²) in [7, 11) is 1.58. The molecule has 3 rings (SSSR count). The SMILES string of the molecule is COc1ccccc1C(=O)N1CCN(Cc2nnc(C)o2)CC1. The summed E-state index contributed by atoms with van der Waals surface area (Å²) in [4.78, 5) is 16.7. The average Bonchev–Trinajstić information content (AvgIpc) is 3.00. The smallest absolute Gasteiger partial charge is 0.257 e. The summed E-state index contributed by atoms with van der Waals surface area (Å²) in [5.74, 6) is 1.81. The number of carbonyl (C=O) groups is 1. The monoisotopic (exact) mass is 316 g/mol. The van der Waals surface area contributed by atoms with Gasteiger partial charge in [-0.2, -0.15) is 0 Å². The maximum absolute atomic E-state index is 12.6. The molecule has 0 bridgehead atoms. The number of para-hydroxylation sites is 1. The standard InChI is InChI=1S/C16H20N4O3/c1-12-17-18-15(23-12)11-19-7-9-20(10-8-19)16(21)13-5-3-4-6-14(13)22-2/h3-6H,7-11H2,1-2H3. The van der Waals surface area contributed by atoms with E-state index in [1.54, 1.807) is 26.2 Å². The van der Waals surface area contributed by atoms with Crippen LogP contribution in [0.1, 0.15) is 22.1 Å². The molecular formula is C16H20N4O3. The molecule has 2 heterocycles. The van der Waals surface area contributed by atoms with Crippen LogP contribution in [0.25, 0.3) is 0 Å². The Morgan fingerprint density at radius 3 is 2.61 bits per heavy atom. The van der Waals surface area contributed by atoms with Gasteiger partial charge in [0.05, 0.1) is 19.2 Å². The molecule has 0 spiro atoms. The molecule has 0 aliphatic carbocycles. The highest BCUT2D eigenvalue weighted by molar-refractivity contribution is 5.97. The average molecular weight is 316 g/mol. The van der Waals surface area contributed by atoms with Crippen LogP contribution in [0.4, 0.5) is 0 Å². The minimum absolute atomic E-state index is 0.00994. The number of aryl methyl sites for hydroxylation is 1. The zero-order valence-corrected chi connectivity index (χ0v) is 13.4. The van der Waals surface area contributed by atoms with Crippen LogP contribution in [0.15, 0.2) is 28.7 Å². The quantitative estimate of drug-likeness (QED) is 0.848. The van der Waals surface area contributed by atoms with Gasteiger partial charge < -0.3 is 14.1 Å². The van der Waals surface area contributed by atoms with Crippen molar-refractivity contribution < 1.29 is 13.9 Å².